The fraction of sp³-hybridized carbons (Fsp3) is 0.364. The molecule has 0 fully saturated rings. The van der Waals surface area contributed by atoms with Gasteiger partial charge in [-0.1, -0.05) is 0 Å². The highest BCUT2D eigenvalue weighted by molar-refractivity contribution is 5.72. The minimum atomic E-state index is -4.56. The zero-order valence-corrected chi connectivity index (χ0v) is 8.97. The van der Waals surface area contributed by atoms with Crippen molar-refractivity contribution in [1.82, 2.24) is 0 Å². The zero-order chi connectivity index (χ0) is 13.1. The molecule has 2 nitrogen and oxygen atoms in total. The van der Waals surface area contributed by atoms with Crippen molar-refractivity contribution >= 4 is 5.97 Å². The Kier molecular flexibility index (Phi) is 4.09. The molecule has 0 aromatic heterocycles. The lowest BCUT2D eigenvalue weighted by Gasteiger charge is -2.09. The number of alkyl halides is 3. The van der Waals surface area contributed by atoms with E-state index in [9.17, 15) is 22.4 Å². The van der Waals surface area contributed by atoms with Gasteiger partial charge in [0.15, 0.2) is 0 Å². The predicted octanol–water partition coefficient (Wildman–Crippen LogP) is 2.95. The lowest BCUT2D eigenvalue weighted by Crippen LogP contribution is -2.11. The SMILES string of the molecule is CCOC(=O)Cc1cc(C(F)(F)F)ccc1F. The molecule has 0 amide bonds. The molecule has 0 unspecified atom stereocenters. The minimum Gasteiger partial charge on any atom is -0.466 e. The average Bonchev–Trinajstić information content (AvgIpc) is 2.20. The van der Waals surface area contributed by atoms with E-state index in [0.29, 0.717) is 18.2 Å². The number of hydrogen-bond donors (Lipinski definition) is 0. The summed E-state index contributed by atoms with van der Waals surface area (Å²) < 4.78 is 54.8. The maximum Gasteiger partial charge on any atom is 0.416 e. The van der Waals surface area contributed by atoms with E-state index in [2.05, 4.69) is 4.74 Å². The van der Waals surface area contributed by atoms with Crippen molar-refractivity contribution in [2.45, 2.75) is 19.5 Å². The van der Waals surface area contributed by atoms with Crippen molar-refractivity contribution in [3.8, 4) is 0 Å². The highest BCUT2D eigenvalue weighted by Crippen LogP contribution is 2.30. The Morgan fingerprint density at radius 1 is 1.35 bits per heavy atom. The highest BCUT2D eigenvalue weighted by Gasteiger charge is 2.31. The minimum absolute atomic E-state index is 0.0966. The molecule has 0 saturated heterocycles. The molecule has 1 aromatic rings. The highest BCUT2D eigenvalue weighted by atomic mass is 19.4. The maximum absolute atomic E-state index is 13.2. The Labute approximate surface area is 95.2 Å². The largest absolute Gasteiger partial charge is 0.466 e. The molecule has 0 aliphatic heterocycles. The van der Waals surface area contributed by atoms with Crippen LogP contribution in [0, 0.1) is 5.82 Å². The van der Waals surface area contributed by atoms with Gasteiger partial charge in [0.25, 0.3) is 0 Å². The second-order valence-corrected chi connectivity index (χ2v) is 3.29. The van der Waals surface area contributed by atoms with Gasteiger partial charge in [-0.2, -0.15) is 13.2 Å². The van der Waals surface area contributed by atoms with E-state index < -0.39 is 29.9 Å². The molecule has 0 atom stereocenters. The number of halogens is 4. The molecule has 17 heavy (non-hydrogen) atoms. The van der Waals surface area contributed by atoms with Gasteiger partial charge in [-0.05, 0) is 30.7 Å². The van der Waals surface area contributed by atoms with Gasteiger partial charge in [-0.3, -0.25) is 4.79 Å². The lowest BCUT2D eigenvalue weighted by atomic mass is 10.1. The summed E-state index contributed by atoms with van der Waals surface area (Å²) in [5, 5.41) is 0. The number of rotatable bonds is 3. The van der Waals surface area contributed by atoms with Crippen LogP contribution in [-0.4, -0.2) is 12.6 Å². The van der Waals surface area contributed by atoms with E-state index >= 15 is 0 Å². The zero-order valence-electron chi connectivity index (χ0n) is 8.97. The van der Waals surface area contributed by atoms with E-state index in [1.807, 2.05) is 0 Å². The van der Waals surface area contributed by atoms with Gasteiger partial charge in [-0.15, -0.1) is 0 Å². The van der Waals surface area contributed by atoms with Crippen molar-refractivity contribution in [3.05, 3.63) is 35.1 Å². The Bertz CT molecular complexity index is 412. The first-order valence-corrected chi connectivity index (χ1v) is 4.86. The molecule has 0 heterocycles. The third-order valence-corrected chi connectivity index (χ3v) is 2.01. The van der Waals surface area contributed by atoms with Crippen LogP contribution in [0.1, 0.15) is 18.1 Å². The molecule has 0 aliphatic carbocycles. The van der Waals surface area contributed by atoms with Gasteiger partial charge in [0, 0.05) is 0 Å². The van der Waals surface area contributed by atoms with Crippen LogP contribution in [0.3, 0.4) is 0 Å². The lowest BCUT2D eigenvalue weighted by molar-refractivity contribution is -0.142. The van der Waals surface area contributed by atoms with Gasteiger partial charge < -0.3 is 4.74 Å². The standard InChI is InChI=1S/C11H10F4O2/c1-2-17-10(16)6-7-5-8(11(13,14)15)3-4-9(7)12/h3-5H,2,6H2,1H3. The van der Waals surface area contributed by atoms with Crippen LogP contribution >= 0.6 is 0 Å². The first kappa shape index (κ1) is 13.5. The summed E-state index contributed by atoms with van der Waals surface area (Å²) in [6.07, 6.45) is -5.07. The Hall–Kier alpha value is -1.59. The summed E-state index contributed by atoms with van der Waals surface area (Å²) in [5.74, 6) is -1.61. The molecule has 0 radical (unpaired) electrons. The van der Waals surface area contributed by atoms with Crippen molar-refractivity contribution < 1.29 is 27.1 Å². The Morgan fingerprint density at radius 2 is 2.00 bits per heavy atom. The number of carbonyl (C=O) groups is 1. The quantitative estimate of drug-likeness (QED) is 0.609. The monoisotopic (exact) mass is 250 g/mol. The number of ether oxygens (including phenoxy) is 1. The first-order valence-electron chi connectivity index (χ1n) is 4.86. The number of esters is 1. The van der Waals surface area contributed by atoms with Crippen LogP contribution in [0.15, 0.2) is 18.2 Å². The van der Waals surface area contributed by atoms with E-state index in [1.165, 1.54) is 0 Å². The van der Waals surface area contributed by atoms with E-state index in [1.54, 1.807) is 6.92 Å². The van der Waals surface area contributed by atoms with Crippen molar-refractivity contribution in [1.29, 1.82) is 0 Å². The molecule has 0 saturated carbocycles. The van der Waals surface area contributed by atoms with Crippen molar-refractivity contribution in [2.24, 2.45) is 0 Å². The molecule has 1 aromatic carbocycles. The van der Waals surface area contributed by atoms with Crippen LogP contribution < -0.4 is 0 Å². The summed E-state index contributed by atoms with van der Waals surface area (Å²) >= 11 is 0. The summed E-state index contributed by atoms with van der Waals surface area (Å²) in [6.45, 7) is 1.65. The average molecular weight is 250 g/mol. The molecule has 6 heteroatoms. The third-order valence-electron chi connectivity index (χ3n) is 2.01. The smallest absolute Gasteiger partial charge is 0.416 e. The van der Waals surface area contributed by atoms with Crippen LogP contribution in [0.25, 0.3) is 0 Å². The van der Waals surface area contributed by atoms with Crippen LogP contribution in [-0.2, 0) is 22.1 Å². The normalized spacial score (nSPS) is 11.4. The third kappa shape index (κ3) is 3.72. The molecule has 94 valence electrons. The van der Waals surface area contributed by atoms with Crippen LogP contribution in [0.4, 0.5) is 17.6 Å². The van der Waals surface area contributed by atoms with Gasteiger partial charge in [-0.25, -0.2) is 4.39 Å². The molecule has 0 bridgehead atoms. The van der Waals surface area contributed by atoms with Gasteiger partial charge in [0.05, 0.1) is 18.6 Å². The maximum atomic E-state index is 13.2. The van der Waals surface area contributed by atoms with Crippen molar-refractivity contribution in [3.63, 3.8) is 0 Å². The fourth-order valence-corrected chi connectivity index (χ4v) is 1.25. The topological polar surface area (TPSA) is 26.3 Å². The van der Waals surface area contributed by atoms with Gasteiger partial charge >= 0.3 is 12.1 Å². The molecule has 1 rings (SSSR count). The van der Waals surface area contributed by atoms with Crippen molar-refractivity contribution in [2.75, 3.05) is 6.61 Å². The van der Waals surface area contributed by atoms with Crippen LogP contribution in [0.5, 0.6) is 0 Å². The summed E-state index contributed by atoms with van der Waals surface area (Å²) in [5.41, 5.74) is -1.31. The molecule has 0 N–H and O–H groups in total. The second-order valence-electron chi connectivity index (χ2n) is 3.29. The number of carbonyl (C=O) groups excluding carboxylic acids is 1. The summed E-state index contributed by atoms with van der Waals surface area (Å²) in [7, 11) is 0. The first-order chi connectivity index (χ1) is 7.84. The van der Waals surface area contributed by atoms with E-state index in [-0.39, 0.29) is 12.2 Å². The molecular weight excluding hydrogens is 240 g/mol. The van der Waals surface area contributed by atoms with Gasteiger partial charge in [0.2, 0.25) is 0 Å². The fourth-order valence-electron chi connectivity index (χ4n) is 1.25. The summed E-state index contributed by atoms with van der Waals surface area (Å²) in [4.78, 5) is 11.1. The van der Waals surface area contributed by atoms with E-state index in [0.717, 1.165) is 0 Å². The predicted molar refractivity (Wildman–Crippen MR) is 51.7 cm³/mol. The number of hydrogen-bond acceptors (Lipinski definition) is 2. The Balaban J connectivity index is 2.95. The summed E-state index contributed by atoms with van der Waals surface area (Å²) in [6, 6.07) is 1.94. The number of benzene rings is 1. The van der Waals surface area contributed by atoms with Gasteiger partial charge in [0.1, 0.15) is 5.82 Å². The molecule has 0 spiro atoms. The molecular formula is C11H10F4O2. The Morgan fingerprint density at radius 3 is 2.53 bits per heavy atom. The molecule has 0 aliphatic rings. The van der Waals surface area contributed by atoms with E-state index in [4.69, 9.17) is 0 Å². The van der Waals surface area contributed by atoms with Crippen LogP contribution in [0.2, 0.25) is 0 Å². The second kappa shape index (κ2) is 5.16.